The molecule has 0 amide bonds. The van der Waals surface area contributed by atoms with Crippen molar-refractivity contribution in [3.8, 4) is 0 Å². The number of ether oxygens (including phenoxy) is 1. The summed E-state index contributed by atoms with van der Waals surface area (Å²) in [5.41, 5.74) is 0. The molecule has 1 rings (SSSR count). The third-order valence-electron chi connectivity index (χ3n) is 5.77. The molecule has 1 N–H and O–H groups in total. The van der Waals surface area contributed by atoms with Crippen molar-refractivity contribution in [2.45, 2.75) is 97.2 Å². The number of halogens is 1. The SMILES string of the molecule is CCCCP(Br)(CCCC)(CCCC)CCCCC1(O)CCC(=O)O1. The Balaban J connectivity index is 2.65. The molecule has 1 aliphatic heterocycles. The van der Waals surface area contributed by atoms with Crippen LogP contribution < -0.4 is 0 Å². The number of esters is 1. The van der Waals surface area contributed by atoms with Gasteiger partial charge in [0.25, 0.3) is 0 Å². The number of aliphatic hydroxyl groups is 1. The van der Waals surface area contributed by atoms with Crippen LogP contribution in [0.4, 0.5) is 0 Å². The summed E-state index contributed by atoms with van der Waals surface area (Å²) >= 11 is 4.42. The Morgan fingerprint density at radius 3 is 1.84 bits per heavy atom. The summed E-state index contributed by atoms with van der Waals surface area (Å²) in [4.78, 5) is 11.3. The van der Waals surface area contributed by atoms with Gasteiger partial charge in [-0.1, -0.05) is 0 Å². The Kier molecular flexibility index (Phi) is 9.93. The molecule has 3 nitrogen and oxygen atoms in total. The second-order valence-electron chi connectivity index (χ2n) is 8.15. The molecule has 0 aliphatic carbocycles. The average molecular weight is 439 g/mol. The minimum atomic E-state index is -1.84. The number of carbonyl (C=O) groups is 1. The van der Waals surface area contributed by atoms with E-state index in [1.807, 2.05) is 0 Å². The zero-order chi connectivity index (χ0) is 18.8. The van der Waals surface area contributed by atoms with E-state index in [0.717, 1.165) is 12.8 Å². The predicted octanol–water partition coefficient (Wildman–Crippen LogP) is 6.45. The van der Waals surface area contributed by atoms with Crippen LogP contribution in [0.5, 0.6) is 0 Å². The van der Waals surface area contributed by atoms with Crippen LogP contribution in [0.1, 0.15) is 91.4 Å². The summed E-state index contributed by atoms with van der Waals surface area (Å²) in [5, 5.41) is 8.50. The van der Waals surface area contributed by atoms with Crippen molar-refractivity contribution in [2.24, 2.45) is 0 Å². The topological polar surface area (TPSA) is 46.5 Å². The predicted molar refractivity (Wildman–Crippen MR) is 114 cm³/mol. The van der Waals surface area contributed by atoms with E-state index >= 15 is 0 Å². The van der Waals surface area contributed by atoms with E-state index in [0.29, 0.717) is 19.3 Å². The summed E-state index contributed by atoms with van der Waals surface area (Å²) in [7, 11) is 0. The van der Waals surface area contributed by atoms with Crippen LogP contribution in [0.3, 0.4) is 0 Å². The maximum atomic E-state index is 11.3. The molecular weight excluding hydrogens is 399 g/mol. The Morgan fingerprint density at radius 2 is 1.44 bits per heavy atom. The van der Waals surface area contributed by atoms with E-state index in [1.165, 1.54) is 63.2 Å². The van der Waals surface area contributed by atoms with Gasteiger partial charge in [0, 0.05) is 0 Å². The van der Waals surface area contributed by atoms with Crippen LogP contribution in [0.15, 0.2) is 0 Å². The fourth-order valence-corrected chi connectivity index (χ4v) is 12.7. The Labute approximate surface area is 163 Å². The molecule has 0 aromatic carbocycles. The van der Waals surface area contributed by atoms with Gasteiger partial charge in [-0.15, -0.1) is 0 Å². The summed E-state index contributed by atoms with van der Waals surface area (Å²) in [6.45, 7) is 6.87. The minimum absolute atomic E-state index is 0.253. The molecule has 1 atom stereocenters. The molecule has 0 bridgehead atoms. The summed E-state index contributed by atoms with van der Waals surface area (Å²) in [5.74, 6) is -1.44. The molecule has 0 aromatic rings. The standard InChI is InChI=1S/C20H40BrO3P/c1-4-7-15-25(21,16-8-5-2,17-9-6-3)18-11-10-13-20(23)14-12-19(22)24-20/h23H,4-18H2,1-3H3. The van der Waals surface area contributed by atoms with Crippen LogP contribution in [0.25, 0.3) is 0 Å². The van der Waals surface area contributed by atoms with Gasteiger partial charge in [-0.25, -0.2) is 0 Å². The van der Waals surface area contributed by atoms with E-state index in [-0.39, 0.29) is 5.97 Å². The van der Waals surface area contributed by atoms with Gasteiger partial charge in [0.15, 0.2) is 0 Å². The number of rotatable bonds is 14. The van der Waals surface area contributed by atoms with Gasteiger partial charge in [0.1, 0.15) is 0 Å². The van der Waals surface area contributed by atoms with E-state index < -0.39 is 11.1 Å². The molecule has 1 unspecified atom stereocenters. The normalized spacial score (nSPS) is 22.6. The molecule has 1 aliphatic rings. The number of unbranched alkanes of at least 4 members (excludes halogenated alkanes) is 4. The third-order valence-corrected chi connectivity index (χ3v) is 15.8. The van der Waals surface area contributed by atoms with Crippen molar-refractivity contribution in [1.82, 2.24) is 0 Å². The average Bonchev–Trinajstić information content (AvgIpc) is 2.94. The number of cyclic esters (lactones) is 1. The fraction of sp³-hybridized carbons (Fsp3) is 0.950. The first-order valence-electron chi connectivity index (χ1n) is 10.5. The molecule has 0 saturated carbocycles. The maximum absolute atomic E-state index is 11.3. The van der Waals surface area contributed by atoms with Gasteiger partial charge in [-0.2, -0.15) is 0 Å². The molecule has 1 saturated heterocycles. The Bertz CT molecular complexity index is 391. The van der Waals surface area contributed by atoms with Crippen molar-refractivity contribution >= 4 is 26.8 Å². The zero-order valence-corrected chi connectivity index (χ0v) is 19.2. The number of carbonyl (C=O) groups excluding carboxylic acids is 1. The van der Waals surface area contributed by atoms with Gasteiger partial charge < -0.3 is 0 Å². The molecule has 150 valence electrons. The van der Waals surface area contributed by atoms with E-state index in [4.69, 9.17) is 4.74 Å². The van der Waals surface area contributed by atoms with Crippen molar-refractivity contribution in [3.63, 3.8) is 0 Å². The van der Waals surface area contributed by atoms with E-state index in [2.05, 4.69) is 36.3 Å². The summed E-state index contributed by atoms with van der Waals surface area (Å²) in [6, 6.07) is 0. The quantitative estimate of drug-likeness (QED) is 0.192. The van der Waals surface area contributed by atoms with Crippen LogP contribution >= 0.6 is 20.8 Å². The van der Waals surface area contributed by atoms with Gasteiger partial charge in [0.05, 0.1) is 0 Å². The van der Waals surface area contributed by atoms with Crippen LogP contribution in [-0.2, 0) is 9.53 Å². The van der Waals surface area contributed by atoms with Gasteiger partial charge in [-0.3, -0.25) is 0 Å². The van der Waals surface area contributed by atoms with Crippen molar-refractivity contribution < 1.29 is 14.6 Å². The van der Waals surface area contributed by atoms with E-state index in [9.17, 15) is 9.90 Å². The monoisotopic (exact) mass is 438 g/mol. The van der Waals surface area contributed by atoms with E-state index in [1.54, 1.807) is 0 Å². The zero-order valence-electron chi connectivity index (χ0n) is 16.7. The second kappa shape index (κ2) is 10.6. The Morgan fingerprint density at radius 1 is 0.960 bits per heavy atom. The Hall–Kier alpha value is 0.340. The van der Waals surface area contributed by atoms with Crippen LogP contribution in [0.2, 0.25) is 0 Å². The molecule has 0 spiro atoms. The van der Waals surface area contributed by atoms with Crippen LogP contribution in [0, 0.1) is 0 Å². The van der Waals surface area contributed by atoms with Crippen LogP contribution in [-0.4, -0.2) is 41.5 Å². The van der Waals surface area contributed by atoms with Gasteiger partial charge in [0.2, 0.25) is 0 Å². The van der Waals surface area contributed by atoms with Gasteiger partial charge in [-0.05, 0) is 0 Å². The number of hydrogen-bond donors (Lipinski definition) is 1. The first-order valence-corrected chi connectivity index (χ1v) is 15.4. The number of hydrogen-bond acceptors (Lipinski definition) is 3. The van der Waals surface area contributed by atoms with Gasteiger partial charge >= 0.3 is 163 Å². The molecule has 1 fully saturated rings. The molecule has 5 heteroatoms. The fourth-order valence-electron chi connectivity index (χ4n) is 4.03. The summed E-state index contributed by atoms with van der Waals surface area (Å²) < 4.78 is 5.12. The van der Waals surface area contributed by atoms with Crippen molar-refractivity contribution in [2.75, 3.05) is 24.6 Å². The molecule has 0 radical (unpaired) electrons. The molecule has 1 heterocycles. The third kappa shape index (κ3) is 7.85. The van der Waals surface area contributed by atoms with Crippen molar-refractivity contribution in [3.05, 3.63) is 0 Å². The molecule has 25 heavy (non-hydrogen) atoms. The first-order chi connectivity index (χ1) is 11.8. The second-order valence-corrected chi connectivity index (χ2v) is 19.6. The molecular formula is C20H40BrO3P. The first kappa shape index (κ1) is 23.4. The van der Waals surface area contributed by atoms with Crippen molar-refractivity contribution in [1.29, 1.82) is 0 Å². The molecule has 0 aromatic heterocycles. The summed E-state index contributed by atoms with van der Waals surface area (Å²) in [6.07, 6.45) is 16.6.